The highest BCUT2D eigenvalue weighted by atomic mass is 28.4. The Bertz CT molecular complexity index is 432. The van der Waals surface area contributed by atoms with E-state index in [-0.39, 0.29) is 0 Å². The third kappa shape index (κ3) is 13.4. The zero-order valence-electron chi connectivity index (χ0n) is 23.0. The van der Waals surface area contributed by atoms with Gasteiger partial charge in [0.05, 0.1) is 12.7 Å². The van der Waals surface area contributed by atoms with Crippen molar-refractivity contribution in [2.45, 2.75) is 70.6 Å². The molecule has 1 heterocycles. The Morgan fingerprint density at radius 1 is 0.706 bits per heavy atom. The summed E-state index contributed by atoms with van der Waals surface area (Å²) in [6, 6.07) is 1.59. The zero-order valence-corrected chi connectivity index (χ0v) is 25.0. The van der Waals surface area contributed by atoms with Crippen LogP contribution in [0.25, 0.3) is 0 Å². The second-order valence-electron chi connectivity index (χ2n) is 8.20. The molecule has 0 aromatic heterocycles. The van der Waals surface area contributed by atoms with Crippen molar-refractivity contribution in [3.63, 3.8) is 0 Å². The van der Waals surface area contributed by atoms with Crippen LogP contribution in [0.3, 0.4) is 0 Å². The van der Waals surface area contributed by atoms with Crippen molar-refractivity contribution in [1.29, 1.82) is 0 Å². The smallest absolute Gasteiger partial charge is 0.381 e. The number of rotatable bonds is 21. The van der Waals surface area contributed by atoms with Gasteiger partial charge in [-0.3, -0.25) is 0 Å². The largest absolute Gasteiger partial charge is 0.500 e. The van der Waals surface area contributed by atoms with Crippen molar-refractivity contribution in [2.24, 2.45) is 5.92 Å². The summed E-state index contributed by atoms with van der Waals surface area (Å²) in [7, 11) is 5.04. The summed E-state index contributed by atoms with van der Waals surface area (Å²) in [5.74, 6) is 0.531. The van der Waals surface area contributed by atoms with Crippen molar-refractivity contribution < 1.29 is 40.8 Å². The van der Waals surface area contributed by atoms with Crippen LogP contribution in [0.5, 0.6) is 0 Å². The molecule has 1 aliphatic rings. The molecule has 0 radical (unpaired) electrons. The Kier molecular flexibility index (Phi) is 21.2. The summed E-state index contributed by atoms with van der Waals surface area (Å²) in [4.78, 5) is 0. The first kappa shape index (κ1) is 34.1. The molecule has 34 heavy (non-hydrogen) atoms. The van der Waals surface area contributed by atoms with Gasteiger partial charge in [-0.25, -0.2) is 0 Å². The molecule has 1 saturated heterocycles. The van der Waals surface area contributed by atoms with Gasteiger partial charge in [-0.2, -0.15) is 0 Å². The molecule has 0 bridgehead atoms. The zero-order chi connectivity index (χ0) is 25.7. The van der Waals surface area contributed by atoms with Crippen LogP contribution in [0.15, 0.2) is 0 Å². The van der Waals surface area contributed by atoms with Crippen molar-refractivity contribution >= 4 is 17.6 Å². The predicted octanol–water partition coefficient (Wildman–Crippen LogP) is 4.16. The van der Waals surface area contributed by atoms with E-state index in [0.29, 0.717) is 18.6 Å². The van der Waals surface area contributed by atoms with Gasteiger partial charge in [0, 0.05) is 87.1 Å². The van der Waals surface area contributed by atoms with Crippen molar-refractivity contribution in [2.75, 3.05) is 75.7 Å². The van der Waals surface area contributed by atoms with E-state index in [4.69, 9.17) is 40.8 Å². The summed E-state index contributed by atoms with van der Waals surface area (Å²) in [5, 5.41) is 0. The first-order chi connectivity index (χ1) is 16.5. The molecule has 2 unspecified atom stereocenters. The first-order valence-electron chi connectivity index (χ1n) is 12.5. The average Bonchev–Trinajstić information content (AvgIpc) is 2.85. The van der Waals surface area contributed by atoms with E-state index in [1.54, 1.807) is 42.7 Å². The minimum absolute atomic E-state index is 0.412. The minimum Gasteiger partial charge on any atom is -0.381 e. The van der Waals surface area contributed by atoms with Crippen LogP contribution in [-0.2, 0) is 40.8 Å². The molecule has 9 nitrogen and oxygen atoms in total. The standard InChI is InChI=1S/C13H28O5Si.C10H24O4Si/c1-5-12(13-7-9-18-13)11-17-8-6-10-19(14-2,15-3)16-4;1-5-6-8-14-9-7-10-15(11-2,12-3)13-4/h12-13H,5-11H2,1-4H3;5-10H2,1-4H3. The molecular formula is C23H52O9Si2. The SMILES string of the molecule is CCC(COCCC[Si](OC)(OC)OC)C1CCO1.CCCCOCCC[Si](OC)(OC)OC. The van der Waals surface area contributed by atoms with E-state index in [2.05, 4.69) is 13.8 Å². The summed E-state index contributed by atoms with van der Waals surface area (Å²) < 4.78 is 48.7. The van der Waals surface area contributed by atoms with E-state index in [1.165, 1.54) is 12.8 Å². The van der Waals surface area contributed by atoms with Crippen LogP contribution in [-0.4, -0.2) is 99.4 Å². The number of hydrogen-bond donors (Lipinski definition) is 0. The Labute approximate surface area is 210 Å². The summed E-state index contributed by atoms with van der Waals surface area (Å²) in [5.41, 5.74) is 0. The summed E-state index contributed by atoms with van der Waals surface area (Å²) >= 11 is 0. The fraction of sp³-hybridized carbons (Fsp3) is 1.00. The summed E-state index contributed by atoms with van der Waals surface area (Å²) in [6.45, 7) is 8.35. The van der Waals surface area contributed by atoms with Gasteiger partial charge in [-0.15, -0.1) is 0 Å². The van der Waals surface area contributed by atoms with Crippen LogP contribution in [0.1, 0.15) is 52.4 Å². The highest BCUT2D eigenvalue weighted by molar-refractivity contribution is 6.60. The normalized spacial score (nSPS) is 17.1. The highest BCUT2D eigenvalue weighted by Gasteiger charge is 2.37. The third-order valence-electron chi connectivity index (χ3n) is 6.17. The predicted molar refractivity (Wildman–Crippen MR) is 137 cm³/mol. The van der Waals surface area contributed by atoms with Crippen molar-refractivity contribution in [3.05, 3.63) is 0 Å². The van der Waals surface area contributed by atoms with E-state index < -0.39 is 17.6 Å². The molecule has 0 aromatic rings. The van der Waals surface area contributed by atoms with Crippen molar-refractivity contribution in [1.82, 2.24) is 0 Å². The van der Waals surface area contributed by atoms with Gasteiger partial charge in [-0.1, -0.05) is 20.3 Å². The topological polar surface area (TPSA) is 83.1 Å². The van der Waals surface area contributed by atoms with Gasteiger partial charge in [0.1, 0.15) is 0 Å². The monoisotopic (exact) mass is 528 g/mol. The van der Waals surface area contributed by atoms with E-state index >= 15 is 0 Å². The van der Waals surface area contributed by atoms with Gasteiger partial charge < -0.3 is 40.8 Å². The molecule has 0 aromatic carbocycles. The quantitative estimate of drug-likeness (QED) is 0.161. The maximum absolute atomic E-state index is 5.75. The molecule has 1 rings (SSSR count). The van der Waals surface area contributed by atoms with Crippen LogP contribution < -0.4 is 0 Å². The van der Waals surface area contributed by atoms with Gasteiger partial charge in [0.25, 0.3) is 0 Å². The molecule has 0 amide bonds. The van der Waals surface area contributed by atoms with Crippen LogP contribution in [0, 0.1) is 5.92 Å². The van der Waals surface area contributed by atoms with Crippen LogP contribution >= 0.6 is 0 Å². The first-order valence-corrected chi connectivity index (χ1v) is 16.4. The lowest BCUT2D eigenvalue weighted by Crippen LogP contribution is -2.42. The third-order valence-corrected chi connectivity index (χ3v) is 11.8. The second-order valence-corrected chi connectivity index (χ2v) is 14.4. The number of unbranched alkanes of at least 4 members (excludes halogenated alkanes) is 1. The molecule has 0 N–H and O–H groups in total. The lowest BCUT2D eigenvalue weighted by molar-refractivity contribution is -0.103. The Balaban J connectivity index is 0.000000661. The molecule has 0 aliphatic carbocycles. The summed E-state index contributed by atoms with van der Waals surface area (Å²) in [6.07, 6.45) is 6.81. The molecule has 1 aliphatic heterocycles. The maximum Gasteiger partial charge on any atom is 0.500 e. The van der Waals surface area contributed by atoms with E-state index in [0.717, 1.165) is 64.2 Å². The van der Waals surface area contributed by atoms with Crippen molar-refractivity contribution in [3.8, 4) is 0 Å². The van der Waals surface area contributed by atoms with E-state index in [9.17, 15) is 0 Å². The molecule has 2 atom stereocenters. The van der Waals surface area contributed by atoms with Gasteiger partial charge in [0.15, 0.2) is 0 Å². The second kappa shape index (κ2) is 21.2. The fourth-order valence-corrected chi connectivity index (χ4v) is 6.97. The van der Waals surface area contributed by atoms with E-state index in [1.807, 2.05) is 0 Å². The molecule has 11 heteroatoms. The molecular weight excluding hydrogens is 476 g/mol. The Hall–Kier alpha value is 0.0738. The lowest BCUT2D eigenvalue weighted by atomic mass is 9.95. The lowest BCUT2D eigenvalue weighted by Gasteiger charge is -2.33. The van der Waals surface area contributed by atoms with Gasteiger partial charge in [0.2, 0.25) is 0 Å². The maximum atomic E-state index is 5.75. The molecule has 206 valence electrons. The molecule has 1 fully saturated rings. The Morgan fingerprint density at radius 3 is 1.50 bits per heavy atom. The van der Waals surface area contributed by atoms with Crippen LogP contribution in [0.2, 0.25) is 12.1 Å². The number of ether oxygens (including phenoxy) is 3. The number of hydrogen-bond acceptors (Lipinski definition) is 9. The van der Waals surface area contributed by atoms with Gasteiger partial charge in [-0.05, 0) is 32.1 Å². The van der Waals surface area contributed by atoms with Gasteiger partial charge >= 0.3 is 17.6 Å². The fourth-order valence-electron chi connectivity index (χ4n) is 3.59. The molecule has 0 spiro atoms. The van der Waals surface area contributed by atoms with Crippen LogP contribution in [0.4, 0.5) is 0 Å². The highest BCUT2D eigenvalue weighted by Crippen LogP contribution is 2.23. The average molecular weight is 529 g/mol. The molecule has 0 saturated carbocycles. The Morgan fingerprint density at radius 2 is 1.15 bits per heavy atom. The minimum atomic E-state index is -2.43.